The SMILES string of the molecule is CCN1C(=O)c2nc(Cl)n(Cc3cccc(O)c3)c2N2CC3(CCCC3)N=C12. The Bertz CT molecular complexity index is 992. The van der Waals surface area contributed by atoms with Crippen molar-refractivity contribution in [3.8, 4) is 5.75 Å². The topological polar surface area (TPSA) is 74.0 Å². The lowest BCUT2D eigenvalue weighted by Crippen LogP contribution is -2.51. The number of carbonyl (C=O) groups excluding carboxylic acids is 1. The molecule has 3 aliphatic rings. The maximum absolute atomic E-state index is 13.1. The highest BCUT2D eigenvalue weighted by atomic mass is 35.5. The Morgan fingerprint density at radius 2 is 2.07 bits per heavy atom. The van der Waals surface area contributed by atoms with E-state index in [-0.39, 0.29) is 22.5 Å². The van der Waals surface area contributed by atoms with Crippen LogP contribution in [0.3, 0.4) is 0 Å². The van der Waals surface area contributed by atoms with Gasteiger partial charge in [0.1, 0.15) is 11.6 Å². The zero-order valence-corrected chi connectivity index (χ0v) is 16.5. The average Bonchev–Trinajstić information content (AvgIpc) is 3.35. The number of imidazole rings is 1. The lowest BCUT2D eigenvalue weighted by atomic mass is 9.99. The van der Waals surface area contributed by atoms with E-state index in [1.165, 1.54) is 12.8 Å². The molecule has 1 fully saturated rings. The summed E-state index contributed by atoms with van der Waals surface area (Å²) in [6.45, 7) is 3.67. The van der Waals surface area contributed by atoms with E-state index < -0.39 is 0 Å². The van der Waals surface area contributed by atoms with E-state index >= 15 is 0 Å². The van der Waals surface area contributed by atoms with Gasteiger partial charge in [-0.1, -0.05) is 25.0 Å². The molecule has 146 valence electrons. The molecular weight excluding hydrogens is 378 g/mol. The number of fused-ring (bicyclic) bond motifs is 3. The first-order chi connectivity index (χ1) is 13.5. The number of phenolic OH excluding ortho intramolecular Hbond substituents is 1. The maximum atomic E-state index is 13.1. The van der Waals surface area contributed by atoms with Gasteiger partial charge < -0.3 is 5.11 Å². The van der Waals surface area contributed by atoms with Crippen molar-refractivity contribution >= 4 is 29.3 Å². The number of aromatic nitrogens is 2. The minimum atomic E-state index is -0.154. The van der Waals surface area contributed by atoms with Crippen molar-refractivity contribution in [3.05, 3.63) is 40.8 Å². The molecule has 5 rings (SSSR count). The number of nitrogens with zero attached hydrogens (tertiary/aromatic N) is 5. The molecule has 0 radical (unpaired) electrons. The number of hydrogen-bond donors (Lipinski definition) is 1. The highest BCUT2D eigenvalue weighted by Crippen LogP contribution is 2.43. The summed E-state index contributed by atoms with van der Waals surface area (Å²) in [6, 6.07) is 7.04. The van der Waals surface area contributed by atoms with Gasteiger partial charge in [0.25, 0.3) is 5.91 Å². The quantitative estimate of drug-likeness (QED) is 0.859. The second-order valence-electron chi connectivity index (χ2n) is 7.79. The van der Waals surface area contributed by atoms with Crippen molar-refractivity contribution in [2.45, 2.75) is 44.7 Å². The van der Waals surface area contributed by atoms with Gasteiger partial charge in [-0.3, -0.25) is 19.2 Å². The number of benzene rings is 1. The molecule has 0 atom stereocenters. The third-order valence-corrected chi connectivity index (χ3v) is 6.26. The summed E-state index contributed by atoms with van der Waals surface area (Å²) >= 11 is 6.47. The van der Waals surface area contributed by atoms with Crippen LogP contribution in [0.2, 0.25) is 5.28 Å². The number of guanidine groups is 1. The van der Waals surface area contributed by atoms with Gasteiger partial charge in [0.05, 0.1) is 18.6 Å². The van der Waals surface area contributed by atoms with Crippen molar-refractivity contribution < 1.29 is 9.90 Å². The number of phenols is 1. The fourth-order valence-corrected chi connectivity index (χ4v) is 4.89. The number of halogens is 1. The van der Waals surface area contributed by atoms with E-state index in [0.717, 1.165) is 30.9 Å². The Labute approximate surface area is 168 Å². The van der Waals surface area contributed by atoms with Crippen LogP contribution in [-0.4, -0.2) is 50.1 Å². The summed E-state index contributed by atoms with van der Waals surface area (Å²) in [5, 5.41) is 10.1. The lowest BCUT2D eigenvalue weighted by molar-refractivity contribution is 0.0841. The second-order valence-corrected chi connectivity index (χ2v) is 8.13. The van der Waals surface area contributed by atoms with Crippen LogP contribution in [0.5, 0.6) is 5.75 Å². The third kappa shape index (κ3) is 2.53. The van der Waals surface area contributed by atoms with Gasteiger partial charge >= 0.3 is 0 Å². The van der Waals surface area contributed by atoms with Crippen molar-refractivity contribution in [3.63, 3.8) is 0 Å². The highest BCUT2D eigenvalue weighted by Gasteiger charge is 2.49. The zero-order chi connectivity index (χ0) is 19.5. The summed E-state index contributed by atoms with van der Waals surface area (Å²) in [5.74, 6) is 1.48. The summed E-state index contributed by atoms with van der Waals surface area (Å²) in [7, 11) is 0. The fraction of sp³-hybridized carbons (Fsp3) is 0.450. The van der Waals surface area contributed by atoms with E-state index in [2.05, 4.69) is 9.88 Å². The largest absolute Gasteiger partial charge is 0.508 e. The molecule has 3 heterocycles. The standard InChI is InChI=1S/C20H22ClN5O2/c1-2-24-17(28)15-16(26-12-20(23-19(24)26)8-3-4-9-20)25(18(21)22-15)11-13-6-5-7-14(27)10-13/h5-7,10,27H,2-4,8-9,11-12H2,1H3. The number of hydrogen-bond acceptors (Lipinski definition) is 5. The van der Waals surface area contributed by atoms with Gasteiger partial charge in [-0.2, -0.15) is 0 Å². The van der Waals surface area contributed by atoms with E-state index in [0.29, 0.717) is 24.6 Å². The highest BCUT2D eigenvalue weighted by molar-refractivity contribution is 6.30. The molecule has 1 saturated carbocycles. The molecule has 28 heavy (non-hydrogen) atoms. The molecule has 0 unspecified atom stereocenters. The van der Waals surface area contributed by atoms with Crippen LogP contribution in [0, 0.1) is 0 Å². The van der Waals surface area contributed by atoms with Crippen molar-refractivity contribution in [2.75, 3.05) is 18.0 Å². The first-order valence-corrected chi connectivity index (χ1v) is 10.1. The van der Waals surface area contributed by atoms with Crippen LogP contribution in [0.4, 0.5) is 5.82 Å². The van der Waals surface area contributed by atoms with E-state index in [9.17, 15) is 9.90 Å². The number of amides is 1. The van der Waals surface area contributed by atoms with Gasteiger partial charge in [-0.15, -0.1) is 0 Å². The van der Waals surface area contributed by atoms with Crippen molar-refractivity contribution in [2.24, 2.45) is 4.99 Å². The first-order valence-electron chi connectivity index (χ1n) is 9.74. The number of aromatic hydroxyl groups is 1. The lowest BCUT2D eigenvalue weighted by Gasteiger charge is -2.34. The molecule has 1 amide bonds. The zero-order valence-electron chi connectivity index (χ0n) is 15.7. The molecule has 7 nitrogen and oxygen atoms in total. The van der Waals surface area contributed by atoms with Crippen molar-refractivity contribution in [1.29, 1.82) is 0 Å². The number of rotatable bonds is 3. The number of aliphatic imine (C=N–C) groups is 1. The van der Waals surface area contributed by atoms with Gasteiger partial charge in [-0.05, 0) is 49.1 Å². The normalized spacial score (nSPS) is 19.9. The predicted octanol–water partition coefficient (Wildman–Crippen LogP) is 3.25. The average molecular weight is 400 g/mol. The number of anilines is 1. The summed E-state index contributed by atoms with van der Waals surface area (Å²) < 4.78 is 1.85. The Kier molecular flexibility index (Phi) is 3.91. The third-order valence-electron chi connectivity index (χ3n) is 5.97. The van der Waals surface area contributed by atoms with Gasteiger partial charge in [0.2, 0.25) is 11.2 Å². The maximum Gasteiger partial charge on any atom is 0.283 e. The van der Waals surface area contributed by atoms with Gasteiger partial charge in [-0.25, -0.2) is 9.98 Å². The van der Waals surface area contributed by atoms with Crippen LogP contribution in [0.1, 0.15) is 48.7 Å². The number of carbonyl (C=O) groups is 1. The molecular formula is C20H22ClN5O2. The van der Waals surface area contributed by atoms with Crippen LogP contribution >= 0.6 is 11.6 Å². The summed E-state index contributed by atoms with van der Waals surface area (Å²) in [5.41, 5.74) is 1.15. The van der Waals surface area contributed by atoms with Gasteiger partial charge in [0, 0.05) is 6.54 Å². The molecule has 1 N–H and O–H groups in total. The molecule has 2 aromatic rings. The molecule has 1 spiro atoms. The van der Waals surface area contributed by atoms with E-state index in [1.54, 1.807) is 23.1 Å². The van der Waals surface area contributed by atoms with Crippen LogP contribution in [-0.2, 0) is 6.54 Å². The van der Waals surface area contributed by atoms with Crippen LogP contribution in [0.15, 0.2) is 29.3 Å². The Morgan fingerprint density at radius 1 is 1.29 bits per heavy atom. The Morgan fingerprint density at radius 3 is 2.79 bits per heavy atom. The Balaban J connectivity index is 1.62. The van der Waals surface area contributed by atoms with E-state index in [1.807, 2.05) is 17.6 Å². The fourth-order valence-electron chi connectivity index (χ4n) is 4.67. The first kappa shape index (κ1) is 17.6. The Hall–Kier alpha value is -2.54. The molecule has 1 aliphatic carbocycles. The molecule has 1 aromatic heterocycles. The van der Waals surface area contributed by atoms with Crippen LogP contribution in [0.25, 0.3) is 0 Å². The molecule has 0 saturated heterocycles. The molecule has 0 bridgehead atoms. The van der Waals surface area contributed by atoms with Crippen LogP contribution < -0.4 is 4.90 Å². The van der Waals surface area contributed by atoms with E-state index in [4.69, 9.17) is 16.6 Å². The smallest absolute Gasteiger partial charge is 0.283 e. The minimum Gasteiger partial charge on any atom is -0.508 e. The predicted molar refractivity (Wildman–Crippen MR) is 107 cm³/mol. The second kappa shape index (κ2) is 6.24. The summed E-state index contributed by atoms with van der Waals surface area (Å²) in [6.07, 6.45) is 4.42. The molecule has 8 heteroatoms. The molecule has 1 aromatic carbocycles. The molecule has 2 aliphatic heterocycles. The van der Waals surface area contributed by atoms with Crippen molar-refractivity contribution in [1.82, 2.24) is 14.5 Å². The summed E-state index contributed by atoms with van der Waals surface area (Å²) in [4.78, 5) is 26.4. The van der Waals surface area contributed by atoms with Gasteiger partial charge in [0.15, 0.2) is 5.69 Å². The monoisotopic (exact) mass is 399 g/mol. The minimum absolute atomic E-state index is 0.114.